The van der Waals surface area contributed by atoms with Gasteiger partial charge in [-0.05, 0) is 36.1 Å². The molecule has 1 atom stereocenters. The van der Waals surface area contributed by atoms with Crippen LogP contribution in [0.15, 0.2) is 78.0 Å². The maximum Gasteiger partial charge on any atom is 0.247 e. The number of nitrogens with one attached hydrogen (secondary N) is 1. The van der Waals surface area contributed by atoms with E-state index in [4.69, 9.17) is 14.2 Å². The van der Waals surface area contributed by atoms with Crippen molar-refractivity contribution in [3.8, 4) is 28.6 Å². The first-order valence-corrected chi connectivity index (χ1v) is 11.6. The highest BCUT2D eigenvalue weighted by Gasteiger charge is 2.26. The van der Waals surface area contributed by atoms with E-state index in [1.54, 1.807) is 7.11 Å². The highest BCUT2D eigenvalue weighted by molar-refractivity contribution is 7.98. The predicted octanol–water partition coefficient (Wildman–Crippen LogP) is 5.35. The molecule has 0 saturated carbocycles. The van der Waals surface area contributed by atoms with Gasteiger partial charge in [0.05, 0.1) is 7.11 Å². The van der Waals surface area contributed by atoms with Gasteiger partial charge in [0.1, 0.15) is 6.61 Å². The lowest BCUT2D eigenvalue weighted by atomic mass is 10.1. The summed E-state index contributed by atoms with van der Waals surface area (Å²) in [5.74, 6) is 1.71. The van der Waals surface area contributed by atoms with Gasteiger partial charge in [0.15, 0.2) is 23.4 Å². The fourth-order valence-electron chi connectivity index (χ4n) is 3.59. The van der Waals surface area contributed by atoms with Gasteiger partial charge in [-0.2, -0.15) is 4.98 Å². The quantitative estimate of drug-likeness (QED) is 0.387. The molecule has 8 heteroatoms. The molecule has 1 aliphatic heterocycles. The Labute approximate surface area is 196 Å². The van der Waals surface area contributed by atoms with E-state index in [2.05, 4.69) is 20.5 Å². The molecule has 0 amide bonds. The van der Waals surface area contributed by atoms with Crippen molar-refractivity contribution in [2.75, 3.05) is 18.7 Å². The summed E-state index contributed by atoms with van der Waals surface area (Å²) in [6.45, 7) is 0.454. The second kappa shape index (κ2) is 9.38. The Morgan fingerprint density at radius 2 is 1.79 bits per heavy atom. The summed E-state index contributed by atoms with van der Waals surface area (Å²) in [5.41, 5.74) is 4.33. The van der Waals surface area contributed by atoms with Gasteiger partial charge in [-0.1, -0.05) is 60.3 Å². The molecule has 0 bridgehead atoms. The number of nitrogens with zero attached hydrogens (tertiary/aromatic N) is 3. The van der Waals surface area contributed by atoms with E-state index in [9.17, 15) is 0 Å². The van der Waals surface area contributed by atoms with E-state index in [-0.39, 0.29) is 0 Å². The number of methoxy groups -OCH3 is 1. The summed E-state index contributed by atoms with van der Waals surface area (Å²) in [4.78, 5) is 4.56. The first kappa shape index (κ1) is 21.1. The van der Waals surface area contributed by atoms with E-state index in [0.717, 1.165) is 22.4 Å². The number of benzene rings is 3. The van der Waals surface area contributed by atoms with Crippen LogP contribution >= 0.6 is 11.8 Å². The minimum atomic E-state index is -0.504. The average Bonchev–Trinajstić information content (AvgIpc) is 3.04. The summed E-state index contributed by atoms with van der Waals surface area (Å²) in [6, 6.07) is 23.7. The molecular formula is C25H22N4O3S. The second-order valence-corrected chi connectivity index (χ2v) is 8.10. The van der Waals surface area contributed by atoms with Crippen molar-refractivity contribution < 1.29 is 14.2 Å². The molecule has 0 fully saturated rings. The van der Waals surface area contributed by atoms with E-state index in [0.29, 0.717) is 34.8 Å². The Hall–Kier alpha value is -3.78. The largest absolute Gasteiger partial charge is 0.493 e. The monoisotopic (exact) mass is 458 g/mol. The fourth-order valence-corrected chi connectivity index (χ4v) is 3.88. The van der Waals surface area contributed by atoms with Gasteiger partial charge >= 0.3 is 0 Å². The maximum absolute atomic E-state index is 6.30. The lowest BCUT2D eigenvalue weighted by molar-refractivity contribution is 0.224. The van der Waals surface area contributed by atoms with Gasteiger partial charge in [0, 0.05) is 16.8 Å². The molecule has 0 spiro atoms. The first-order chi connectivity index (χ1) is 16.2. The van der Waals surface area contributed by atoms with Gasteiger partial charge in [0.25, 0.3) is 0 Å². The third-order valence-corrected chi connectivity index (χ3v) is 5.78. The van der Waals surface area contributed by atoms with Gasteiger partial charge in [-0.25, -0.2) is 0 Å². The third-order valence-electron chi connectivity index (χ3n) is 5.24. The van der Waals surface area contributed by atoms with Crippen LogP contribution in [0.2, 0.25) is 0 Å². The smallest absolute Gasteiger partial charge is 0.247 e. The average molecular weight is 459 g/mol. The molecule has 7 nitrogen and oxygen atoms in total. The third kappa shape index (κ3) is 4.42. The summed E-state index contributed by atoms with van der Waals surface area (Å²) in [5, 5.41) is 12.6. The van der Waals surface area contributed by atoms with Crippen LogP contribution in [0.3, 0.4) is 0 Å². The van der Waals surface area contributed by atoms with Crippen molar-refractivity contribution in [1.82, 2.24) is 15.2 Å². The number of fused-ring (bicyclic) bond motifs is 3. The fraction of sp³-hybridized carbons (Fsp3) is 0.160. The van der Waals surface area contributed by atoms with Gasteiger partial charge in [-0.3, -0.25) is 0 Å². The zero-order valence-corrected chi connectivity index (χ0v) is 19.0. The van der Waals surface area contributed by atoms with Crippen molar-refractivity contribution >= 4 is 17.4 Å². The Morgan fingerprint density at radius 1 is 0.970 bits per heavy atom. The molecule has 0 aliphatic carbocycles. The number of hydrogen-bond acceptors (Lipinski definition) is 8. The zero-order chi connectivity index (χ0) is 22.6. The van der Waals surface area contributed by atoms with Crippen LogP contribution in [0.5, 0.6) is 17.4 Å². The van der Waals surface area contributed by atoms with Crippen molar-refractivity contribution in [3.05, 3.63) is 83.9 Å². The molecule has 3 aromatic carbocycles. The minimum Gasteiger partial charge on any atom is -0.493 e. The Bertz CT molecular complexity index is 1270. The van der Waals surface area contributed by atoms with Gasteiger partial charge in [-0.15, -0.1) is 10.2 Å². The highest BCUT2D eigenvalue weighted by Crippen LogP contribution is 2.40. The van der Waals surface area contributed by atoms with E-state index < -0.39 is 6.23 Å². The molecule has 166 valence electrons. The molecule has 0 radical (unpaired) electrons. The highest BCUT2D eigenvalue weighted by atomic mass is 32.2. The molecular weight excluding hydrogens is 436 g/mol. The first-order valence-electron chi connectivity index (χ1n) is 10.4. The summed E-state index contributed by atoms with van der Waals surface area (Å²) in [7, 11) is 1.63. The standard InChI is InChI=1S/C25H22N4O3S/c1-30-21-14-17(12-13-20(21)31-15-16-8-4-3-5-9-16)23-26-19-11-7-6-10-18(19)22-24(32-23)27-25(33-2)29-28-22/h3-14,23,26H,15H2,1-2H3. The van der Waals surface area contributed by atoms with E-state index >= 15 is 0 Å². The lowest BCUT2D eigenvalue weighted by Gasteiger charge is -2.21. The molecule has 33 heavy (non-hydrogen) atoms. The zero-order valence-electron chi connectivity index (χ0n) is 18.2. The number of para-hydroxylation sites is 1. The lowest BCUT2D eigenvalue weighted by Crippen LogP contribution is -2.17. The number of thioether (sulfide) groups is 1. The predicted molar refractivity (Wildman–Crippen MR) is 128 cm³/mol. The topological polar surface area (TPSA) is 78.4 Å². The van der Waals surface area contributed by atoms with Crippen molar-refractivity contribution in [2.45, 2.75) is 18.0 Å². The molecule has 1 aromatic heterocycles. The van der Waals surface area contributed by atoms with Crippen LogP contribution in [-0.2, 0) is 6.61 Å². The van der Waals surface area contributed by atoms with Crippen molar-refractivity contribution in [2.24, 2.45) is 0 Å². The minimum absolute atomic E-state index is 0.431. The van der Waals surface area contributed by atoms with Crippen LogP contribution < -0.4 is 19.5 Å². The summed E-state index contributed by atoms with van der Waals surface area (Å²) < 4.78 is 17.9. The number of anilines is 1. The molecule has 1 aliphatic rings. The number of ether oxygens (including phenoxy) is 3. The Balaban J connectivity index is 1.47. The molecule has 5 rings (SSSR count). The number of aromatic nitrogens is 3. The van der Waals surface area contributed by atoms with Crippen LogP contribution in [0, 0.1) is 0 Å². The Kier molecular flexibility index (Phi) is 5.99. The van der Waals surface area contributed by atoms with E-state index in [1.807, 2.05) is 79.1 Å². The second-order valence-electron chi connectivity index (χ2n) is 7.32. The summed E-state index contributed by atoms with van der Waals surface area (Å²) >= 11 is 1.42. The SMILES string of the molecule is COc1cc(C2Nc3ccccc3-c3nnc(SC)nc3O2)ccc1OCc1ccccc1. The van der Waals surface area contributed by atoms with Crippen molar-refractivity contribution in [1.29, 1.82) is 0 Å². The molecule has 1 unspecified atom stereocenters. The molecule has 0 saturated heterocycles. The van der Waals surface area contributed by atoms with Crippen LogP contribution in [0.25, 0.3) is 11.3 Å². The Morgan fingerprint density at radius 3 is 2.61 bits per heavy atom. The molecule has 1 N–H and O–H groups in total. The van der Waals surface area contributed by atoms with Crippen LogP contribution in [-0.4, -0.2) is 28.5 Å². The molecule has 4 aromatic rings. The van der Waals surface area contributed by atoms with Crippen LogP contribution in [0.4, 0.5) is 5.69 Å². The van der Waals surface area contributed by atoms with Crippen molar-refractivity contribution in [3.63, 3.8) is 0 Å². The maximum atomic E-state index is 6.30. The van der Waals surface area contributed by atoms with Gasteiger partial charge < -0.3 is 19.5 Å². The van der Waals surface area contributed by atoms with Crippen LogP contribution in [0.1, 0.15) is 17.4 Å². The van der Waals surface area contributed by atoms with E-state index in [1.165, 1.54) is 11.8 Å². The number of hydrogen-bond donors (Lipinski definition) is 1. The normalized spacial score (nSPS) is 14.2. The summed E-state index contributed by atoms with van der Waals surface area (Å²) in [6.07, 6.45) is 1.40. The molecule has 2 heterocycles. The number of rotatable bonds is 6. The van der Waals surface area contributed by atoms with Gasteiger partial charge in [0.2, 0.25) is 11.0 Å².